The van der Waals surface area contributed by atoms with Crippen molar-refractivity contribution in [1.82, 2.24) is 0 Å². The number of Topliss-reactive ketones (excluding diaryl/α,β-unsaturated/α-hetero) is 1. The molecule has 1 heterocycles. The lowest BCUT2D eigenvalue weighted by Gasteiger charge is -2.13. The topological polar surface area (TPSA) is 78.9 Å². The molecule has 0 aromatic carbocycles. The van der Waals surface area contributed by atoms with E-state index in [1.807, 2.05) is 13.8 Å². The second kappa shape index (κ2) is 5.45. The van der Waals surface area contributed by atoms with Gasteiger partial charge in [-0.15, -0.1) is 11.3 Å². The summed E-state index contributed by atoms with van der Waals surface area (Å²) in [6, 6.07) is 2.12. The van der Waals surface area contributed by atoms with Gasteiger partial charge in [0.1, 0.15) is 16.6 Å². The minimum absolute atomic E-state index is 0.00803. The molecule has 0 amide bonds. The zero-order valence-corrected chi connectivity index (χ0v) is 13.1. The number of thiophene rings is 1. The molecule has 0 saturated heterocycles. The average Bonchev–Trinajstić information content (AvgIpc) is 3.14. The van der Waals surface area contributed by atoms with Crippen LogP contribution in [0.1, 0.15) is 55.3 Å². The van der Waals surface area contributed by atoms with Gasteiger partial charge in [-0.05, 0) is 24.7 Å². The maximum absolute atomic E-state index is 12.1. The highest BCUT2D eigenvalue weighted by molar-refractivity contribution is 7.19. The highest BCUT2D eigenvalue weighted by atomic mass is 32.1. The molecule has 0 aliphatic heterocycles. The average molecular weight is 291 g/mol. The first kappa shape index (κ1) is 14.9. The van der Waals surface area contributed by atoms with Crippen molar-refractivity contribution in [3.05, 3.63) is 10.4 Å². The van der Waals surface area contributed by atoms with E-state index in [9.17, 15) is 10.1 Å². The second-order valence-electron chi connectivity index (χ2n) is 5.89. The van der Waals surface area contributed by atoms with E-state index < -0.39 is 0 Å². The van der Waals surface area contributed by atoms with Gasteiger partial charge in [0.05, 0.1) is 10.6 Å². The molecular formula is C15H21N3OS. The summed E-state index contributed by atoms with van der Waals surface area (Å²) in [5.74, 6) is -0.102. The zero-order valence-electron chi connectivity index (χ0n) is 12.2. The second-order valence-corrected chi connectivity index (χ2v) is 6.91. The van der Waals surface area contributed by atoms with E-state index in [-0.39, 0.29) is 11.7 Å². The van der Waals surface area contributed by atoms with Gasteiger partial charge in [-0.3, -0.25) is 4.79 Å². The number of hydrogen-bond donors (Lipinski definition) is 2. The van der Waals surface area contributed by atoms with E-state index in [0.29, 0.717) is 21.5 Å². The Hall–Kier alpha value is -1.54. The Labute approximate surface area is 124 Å². The summed E-state index contributed by atoms with van der Waals surface area (Å²) in [6.07, 6.45) is 3.61. The van der Waals surface area contributed by atoms with Crippen LogP contribution in [0.5, 0.6) is 0 Å². The summed E-state index contributed by atoms with van der Waals surface area (Å²) in [7, 11) is 0. The number of nitriles is 1. The molecule has 1 aliphatic carbocycles. The smallest absolute Gasteiger partial charge is 0.177 e. The fourth-order valence-electron chi connectivity index (χ4n) is 2.22. The molecule has 1 aliphatic rings. The van der Waals surface area contributed by atoms with Gasteiger partial charge >= 0.3 is 0 Å². The Bertz CT molecular complexity index is 564. The normalized spacial score (nSPS) is 15.9. The number of carbonyl (C=O) groups is 1. The van der Waals surface area contributed by atoms with Gasteiger partial charge in [0.25, 0.3) is 0 Å². The first-order chi connectivity index (χ1) is 9.44. The molecule has 0 bridgehead atoms. The van der Waals surface area contributed by atoms with Crippen molar-refractivity contribution in [3.63, 3.8) is 0 Å². The Kier molecular flexibility index (Phi) is 4.05. The lowest BCUT2D eigenvalue weighted by molar-refractivity contribution is 0.0944. The van der Waals surface area contributed by atoms with E-state index in [1.165, 1.54) is 24.2 Å². The van der Waals surface area contributed by atoms with Gasteiger partial charge in [0.15, 0.2) is 5.78 Å². The Balaban J connectivity index is 2.23. The van der Waals surface area contributed by atoms with Gasteiger partial charge in [0, 0.05) is 12.5 Å². The van der Waals surface area contributed by atoms with Gasteiger partial charge in [-0.25, -0.2) is 0 Å². The van der Waals surface area contributed by atoms with Crippen LogP contribution >= 0.6 is 11.3 Å². The quantitative estimate of drug-likeness (QED) is 0.784. The summed E-state index contributed by atoms with van der Waals surface area (Å²) < 4.78 is 0. The molecule has 108 valence electrons. The molecule has 2 rings (SSSR count). The molecule has 0 atom stereocenters. The third-order valence-electron chi connectivity index (χ3n) is 4.14. The van der Waals surface area contributed by atoms with Crippen LogP contribution in [-0.4, -0.2) is 12.3 Å². The molecule has 1 saturated carbocycles. The third kappa shape index (κ3) is 2.66. The number of nitrogens with zero attached hydrogens (tertiary/aromatic N) is 1. The van der Waals surface area contributed by atoms with Crippen LogP contribution in [0.25, 0.3) is 0 Å². The van der Waals surface area contributed by atoms with Crippen LogP contribution in [-0.2, 0) is 0 Å². The highest BCUT2D eigenvalue weighted by Crippen LogP contribution is 2.49. The maximum atomic E-state index is 12.1. The van der Waals surface area contributed by atoms with Crippen LogP contribution in [0.4, 0.5) is 10.7 Å². The Morgan fingerprint density at radius 1 is 1.55 bits per heavy atom. The standard InChI is InChI=1S/C15H21N3OS/c1-4-15(5-6-15)8-18-14-10(7-16)11(17)13(20-14)12(19)9(2)3/h9,18H,4-6,8,17H2,1-3H3. The third-order valence-corrected chi connectivity index (χ3v) is 5.31. The van der Waals surface area contributed by atoms with Crippen molar-refractivity contribution in [2.75, 3.05) is 17.6 Å². The summed E-state index contributed by atoms with van der Waals surface area (Å²) in [5.41, 5.74) is 7.11. The van der Waals surface area contributed by atoms with E-state index in [0.717, 1.165) is 18.0 Å². The number of carbonyl (C=O) groups excluding carboxylic acids is 1. The van der Waals surface area contributed by atoms with E-state index in [1.54, 1.807) is 0 Å². The lowest BCUT2D eigenvalue weighted by Crippen LogP contribution is -2.14. The lowest BCUT2D eigenvalue weighted by atomic mass is 10.0. The minimum atomic E-state index is -0.110. The van der Waals surface area contributed by atoms with Gasteiger partial charge < -0.3 is 11.1 Å². The largest absolute Gasteiger partial charge is 0.396 e. The van der Waals surface area contributed by atoms with Crippen molar-refractivity contribution < 1.29 is 4.79 Å². The number of nitrogen functional groups attached to an aromatic ring is 1. The summed E-state index contributed by atoms with van der Waals surface area (Å²) in [6.45, 7) is 6.73. The van der Waals surface area contributed by atoms with Crippen molar-refractivity contribution in [2.45, 2.75) is 40.0 Å². The molecule has 20 heavy (non-hydrogen) atoms. The molecule has 0 spiro atoms. The molecule has 5 heteroatoms. The van der Waals surface area contributed by atoms with Crippen molar-refractivity contribution in [3.8, 4) is 6.07 Å². The molecule has 1 fully saturated rings. The maximum Gasteiger partial charge on any atom is 0.177 e. The minimum Gasteiger partial charge on any atom is -0.396 e. The fourth-order valence-corrected chi connectivity index (χ4v) is 3.38. The number of ketones is 1. The van der Waals surface area contributed by atoms with Crippen LogP contribution in [0.2, 0.25) is 0 Å². The molecule has 0 unspecified atom stereocenters. The van der Waals surface area contributed by atoms with Gasteiger partial charge in [0.2, 0.25) is 0 Å². The predicted molar refractivity (Wildman–Crippen MR) is 83.1 cm³/mol. The number of hydrogen-bond acceptors (Lipinski definition) is 5. The number of nitrogens with one attached hydrogen (secondary N) is 1. The van der Waals surface area contributed by atoms with Crippen molar-refractivity contribution in [1.29, 1.82) is 5.26 Å². The molecule has 4 nitrogen and oxygen atoms in total. The van der Waals surface area contributed by atoms with Crippen LogP contribution in [0.15, 0.2) is 0 Å². The molecule has 0 radical (unpaired) electrons. The predicted octanol–water partition coefficient (Wildman–Crippen LogP) is 3.64. The molecular weight excluding hydrogens is 270 g/mol. The molecule has 1 aromatic rings. The van der Waals surface area contributed by atoms with Crippen LogP contribution < -0.4 is 11.1 Å². The van der Waals surface area contributed by atoms with Crippen molar-refractivity contribution >= 4 is 27.8 Å². The first-order valence-electron chi connectivity index (χ1n) is 7.04. The van der Waals surface area contributed by atoms with Gasteiger partial charge in [-0.1, -0.05) is 20.8 Å². The van der Waals surface area contributed by atoms with Crippen LogP contribution in [0, 0.1) is 22.7 Å². The molecule has 3 N–H and O–H groups in total. The zero-order chi connectivity index (χ0) is 14.9. The molecule has 1 aromatic heterocycles. The summed E-state index contributed by atoms with van der Waals surface area (Å²) in [4.78, 5) is 12.6. The monoisotopic (exact) mass is 291 g/mol. The van der Waals surface area contributed by atoms with Crippen LogP contribution in [0.3, 0.4) is 0 Å². The Morgan fingerprint density at radius 2 is 2.20 bits per heavy atom. The number of nitrogens with two attached hydrogens (primary N) is 1. The van der Waals surface area contributed by atoms with Gasteiger partial charge in [-0.2, -0.15) is 5.26 Å². The highest BCUT2D eigenvalue weighted by Gasteiger charge is 2.40. The number of anilines is 2. The fraction of sp³-hybridized carbons (Fsp3) is 0.600. The number of rotatable bonds is 6. The Morgan fingerprint density at radius 3 is 2.65 bits per heavy atom. The first-order valence-corrected chi connectivity index (χ1v) is 7.86. The van der Waals surface area contributed by atoms with E-state index in [2.05, 4.69) is 18.3 Å². The summed E-state index contributed by atoms with van der Waals surface area (Å²) >= 11 is 1.32. The van der Waals surface area contributed by atoms with E-state index in [4.69, 9.17) is 5.73 Å². The van der Waals surface area contributed by atoms with Crippen molar-refractivity contribution in [2.24, 2.45) is 11.3 Å². The SMILES string of the molecule is CCC1(CNc2sc(C(=O)C(C)C)c(N)c2C#N)CC1. The summed E-state index contributed by atoms with van der Waals surface area (Å²) in [5, 5.41) is 13.3. The van der Waals surface area contributed by atoms with E-state index >= 15 is 0 Å².